The van der Waals surface area contributed by atoms with E-state index >= 15 is 0 Å². The molecule has 1 aromatic heterocycles. The average Bonchev–Trinajstić information content (AvgIpc) is 3.43. The number of ether oxygens (including phenoxy) is 1. The van der Waals surface area contributed by atoms with E-state index in [-0.39, 0.29) is 29.3 Å². The molecule has 13 heteroatoms. The maximum absolute atomic E-state index is 14.3. The molecular formula is C23H22F4N4O4S. The maximum atomic E-state index is 14.3. The van der Waals surface area contributed by atoms with E-state index in [9.17, 15) is 32.3 Å². The second-order valence-electron chi connectivity index (χ2n) is 8.52. The Bertz CT molecular complexity index is 1250. The van der Waals surface area contributed by atoms with E-state index in [0.29, 0.717) is 5.01 Å². The van der Waals surface area contributed by atoms with Crippen LogP contribution in [0.5, 0.6) is 0 Å². The van der Waals surface area contributed by atoms with Gasteiger partial charge in [-0.2, -0.15) is 0 Å². The molecule has 0 amide bonds. The quantitative estimate of drug-likeness (QED) is 0.422. The third-order valence-electron chi connectivity index (χ3n) is 6.00. The monoisotopic (exact) mass is 526 g/mol. The van der Waals surface area contributed by atoms with Gasteiger partial charge in [-0.1, -0.05) is 6.07 Å². The molecule has 2 aliphatic heterocycles. The summed E-state index contributed by atoms with van der Waals surface area (Å²) >= 11 is 1.20. The van der Waals surface area contributed by atoms with Gasteiger partial charge in [0.25, 0.3) is 5.92 Å². The molecule has 2 N–H and O–H groups in total. The molecule has 1 fully saturated rings. The lowest BCUT2D eigenvalue weighted by atomic mass is 9.82. The highest BCUT2D eigenvalue weighted by Gasteiger charge is 2.50. The molecule has 2 atom stereocenters. The number of esters is 1. The maximum Gasteiger partial charge on any atom is 0.338 e. The Morgan fingerprint density at radius 2 is 2.06 bits per heavy atom. The van der Waals surface area contributed by atoms with Crippen LogP contribution in [0, 0.1) is 11.6 Å². The van der Waals surface area contributed by atoms with Gasteiger partial charge >= 0.3 is 11.9 Å². The minimum Gasteiger partial charge on any atom is -0.480 e. The van der Waals surface area contributed by atoms with Crippen LogP contribution in [0.3, 0.4) is 0 Å². The molecule has 4 rings (SSSR count). The van der Waals surface area contributed by atoms with Gasteiger partial charge < -0.3 is 15.2 Å². The lowest BCUT2D eigenvalue weighted by molar-refractivity contribution is -0.142. The van der Waals surface area contributed by atoms with Gasteiger partial charge in [-0.3, -0.25) is 9.69 Å². The van der Waals surface area contributed by atoms with Gasteiger partial charge in [0.05, 0.1) is 18.7 Å². The lowest BCUT2D eigenvalue weighted by Crippen LogP contribution is -2.47. The van der Waals surface area contributed by atoms with E-state index in [4.69, 9.17) is 4.74 Å². The number of nitrogens with zero attached hydrogens (tertiary/aromatic N) is 3. The van der Waals surface area contributed by atoms with Crippen LogP contribution >= 0.6 is 11.3 Å². The summed E-state index contributed by atoms with van der Waals surface area (Å²) in [5.41, 5.74) is -1.65. The van der Waals surface area contributed by atoms with Gasteiger partial charge in [-0.25, -0.2) is 32.3 Å². The largest absolute Gasteiger partial charge is 0.480 e. The number of carbonyl (C=O) groups is 2. The molecule has 0 aliphatic carbocycles. The number of hydrogen-bond acceptors (Lipinski definition) is 8. The zero-order valence-corrected chi connectivity index (χ0v) is 20.0. The first-order valence-corrected chi connectivity index (χ1v) is 11.8. The highest BCUT2D eigenvalue weighted by Crippen LogP contribution is 2.41. The Balaban J connectivity index is 1.90. The van der Waals surface area contributed by atoms with Gasteiger partial charge in [0, 0.05) is 30.2 Å². The van der Waals surface area contributed by atoms with Crippen molar-refractivity contribution in [1.29, 1.82) is 0 Å². The normalized spacial score (nSPS) is 23.8. The summed E-state index contributed by atoms with van der Waals surface area (Å²) in [5, 5.41) is 14.5. The third kappa shape index (κ3) is 4.85. The number of aromatic nitrogens is 1. The van der Waals surface area contributed by atoms with E-state index in [0.717, 1.165) is 17.0 Å². The molecule has 36 heavy (non-hydrogen) atoms. The molecule has 2 aliphatic rings. The van der Waals surface area contributed by atoms with E-state index < -0.39 is 60.6 Å². The summed E-state index contributed by atoms with van der Waals surface area (Å²) in [6, 6.07) is 1.54. The van der Waals surface area contributed by atoms with Crippen LogP contribution in [0.25, 0.3) is 0 Å². The van der Waals surface area contributed by atoms with Crippen LogP contribution in [0.4, 0.5) is 17.6 Å². The Morgan fingerprint density at radius 3 is 2.67 bits per heavy atom. The number of aliphatic imine (C=N–C) groups is 1. The van der Waals surface area contributed by atoms with E-state index in [1.54, 1.807) is 12.3 Å². The number of benzene rings is 1. The summed E-state index contributed by atoms with van der Waals surface area (Å²) in [6.45, 7) is 1.76. The molecule has 192 valence electrons. The van der Waals surface area contributed by atoms with Crippen molar-refractivity contribution in [1.82, 2.24) is 15.2 Å². The zero-order valence-electron chi connectivity index (χ0n) is 19.2. The molecule has 2 aromatic rings. The number of nitrogens with one attached hydrogen (secondary N) is 1. The number of hydrogen-bond donors (Lipinski definition) is 2. The van der Waals surface area contributed by atoms with Crippen LogP contribution in [-0.4, -0.2) is 64.4 Å². The molecule has 0 saturated carbocycles. The number of halogens is 4. The number of thiazole rings is 1. The molecule has 3 heterocycles. The van der Waals surface area contributed by atoms with E-state index in [1.807, 2.05) is 0 Å². The highest BCUT2D eigenvalue weighted by atomic mass is 32.1. The van der Waals surface area contributed by atoms with Gasteiger partial charge in [0.15, 0.2) is 22.5 Å². The van der Waals surface area contributed by atoms with Crippen LogP contribution in [0.2, 0.25) is 0 Å². The number of alkyl halides is 2. The molecule has 1 aromatic carbocycles. The van der Waals surface area contributed by atoms with Crippen molar-refractivity contribution in [3.63, 3.8) is 0 Å². The Hall–Kier alpha value is -3.32. The second-order valence-corrected chi connectivity index (χ2v) is 9.41. The highest BCUT2D eigenvalue weighted by molar-refractivity contribution is 7.11. The fourth-order valence-electron chi connectivity index (χ4n) is 4.40. The summed E-state index contributed by atoms with van der Waals surface area (Å²) in [4.78, 5) is 34.8. The molecule has 1 saturated heterocycles. The van der Waals surface area contributed by atoms with Crippen molar-refractivity contribution >= 4 is 29.1 Å². The molecular weight excluding hydrogens is 504 g/mol. The number of carboxylic acid groups (broad SMARTS) is 1. The SMILES string of the molecule is CCOC(=O)C1=C(CN2CC(F)(F)C[C@H]2C(=O)O)NC(c2nccs2)=N[C@@]1(C)c1ccc(F)c(F)c1. The third-order valence-corrected chi connectivity index (χ3v) is 6.78. The van der Waals surface area contributed by atoms with Crippen molar-refractivity contribution < 1.29 is 37.0 Å². The molecule has 0 spiro atoms. The Kier molecular flexibility index (Phi) is 6.88. The van der Waals surface area contributed by atoms with Crippen molar-refractivity contribution in [2.75, 3.05) is 19.7 Å². The summed E-state index contributed by atoms with van der Waals surface area (Å²) in [5.74, 6) is -7.68. The minimum atomic E-state index is -3.25. The molecule has 8 nitrogen and oxygen atoms in total. The Morgan fingerprint density at radius 1 is 1.31 bits per heavy atom. The summed E-state index contributed by atoms with van der Waals surface area (Å²) < 4.78 is 61.6. The zero-order chi connectivity index (χ0) is 26.3. The first kappa shape index (κ1) is 25.8. The van der Waals surface area contributed by atoms with E-state index in [1.165, 1.54) is 30.5 Å². The average molecular weight is 527 g/mol. The van der Waals surface area contributed by atoms with Gasteiger partial charge in [-0.05, 0) is 31.5 Å². The first-order valence-electron chi connectivity index (χ1n) is 10.9. The Labute approximate surface area is 207 Å². The van der Waals surface area contributed by atoms with Crippen LogP contribution in [-0.2, 0) is 19.9 Å². The second kappa shape index (κ2) is 9.62. The number of likely N-dealkylation sites (tertiary alicyclic amines) is 1. The van der Waals surface area contributed by atoms with Gasteiger partial charge in [0.1, 0.15) is 11.6 Å². The summed E-state index contributed by atoms with van der Waals surface area (Å²) in [7, 11) is 0. The standard InChI is InChI=1S/C23H22F4N4O4S/c1-3-35-21(34)17-15(10-31-11-23(26,27)9-16(31)20(32)33)29-18(19-28-6-7-36-19)30-22(17,2)12-4-5-13(24)14(25)8-12/h4-8,16H,3,9-11H2,1-2H3,(H,29,30)(H,32,33)/t16-,22-/m0/s1. The number of rotatable bonds is 7. The van der Waals surface area contributed by atoms with Crippen molar-refractivity contribution in [3.8, 4) is 0 Å². The fraction of sp³-hybridized carbons (Fsp3) is 0.391. The van der Waals surface area contributed by atoms with Gasteiger partial charge in [-0.15, -0.1) is 11.3 Å². The van der Waals surface area contributed by atoms with Crippen molar-refractivity contribution in [3.05, 3.63) is 63.3 Å². The van der Waals surface area contributed by atoms with Gasteiger partial charge in [0.2, 0.25) is 0 Å². The van der Waals surface area contributed by atoms with E-state index in [2.05, 4.69) is 15.3 Å². The molecule has 0 radical (unpaired) electrons. The van der Waals surface area contributed by atoms with Crippen LogP contribution < -0.4 is 5.32 Å². The minimum absolute atomic E-state index is 0.0357. The fourth-order valence-corrected chi connectivity index (χ4v) is 4.98. The summed E-state index contributed by atoms with van der Waals surface area (Å²) in [6.07, 6.45) is 0.614. The number of carbonyl (C=O) groups excluding carboxylic acids is 1. The number of carboxylic acids is 1. The van der Waals surface area contributed by atoms with Crippen LogP contribution in [0.1, 0.15) is 30.8 Å². The van der Waals surface area contributed by atoms with Crippen molar-refractivity contribution in [2.45, 2.75) is 37.8 Å². The lowest BCUT2D eigenvalue weighted by Gasteiger charge is -2.36. The van der Waals surface area contributed by atoms with Crippen LogP contribution in [0.15, 0.2) is 46.0 Å². The molecule has 0 unspecified atom stereocenters. The number of aliphatic carboxylic acids is 1. The molecule has 0 bridgehead atoms. The first-order chi connectivity index (χ1) is 16.9. The predicted molar refractivity (Wildman–Crippen MR) is 122 cm³/mol. The number of amidine groups is 1. The smallest absolute Gasteiger partial charge is 0.338 e. The predicted octanol–water partition coefficient (Wildman–Crippen LogP) is 3.30. The topological polar surface area (TPSA) is 104 Å². The van der Waals surface area contributed by atoms with Crippen molar-refractivity contribution in [2.24, 2.45) is 4.99 Å².